The van der Waals surface area contributed by atoms with Crippen molar-refractivity contribution >= 4 is 12.4 Å². The Balaban J connectivity index is 1.98. The fourth-order valence-corrected chi connectivity index (χ4v) is 2.51. The Morgan fingerprint density at radius 2 is 2.14 bits per heavy atom. The van der Waals surface area contributed by atoms with Gasteiger partial charge in [-0.25, -0.2) is 4.79 Å². The molecule has 0 aromatic heterocycles. The molecule has 1 aliphatic heterocycles. The lowest BCUT2D eigenvalue weighted by molar-refractivity contribution is -0.108. The van der Waals surface area contributed by atoms with Crippen LogP contribution in [0.5, 0.6) is 0 Å². The number of nitrogens with zero attached hydrogens (tertiary/aromatic N) is 1. The van der Waals surface area contributed by atoms with E-state index in [9.17, 15) is 9.59 Å². The maximum atomic E-state index is 12.3. The molecular formula is C16H21NO4. The summed E-state index contributed by atoms with van der Waals surface area (Å²) in [4.78, 5) is 24.5. The van der Waals surface area contributed by atoms with Crippen LogP contribution in [-0.4, -0.2) is 35.7 Å². The number of benzene rings is 1. The van der Waals surface area contributed by atoms with E-state index in [1.165, 1.54) is 0 Å². The van der Waals surface area contributed by atoms with E-state index < -0.39 is 11.8 Å². The van der Waals surface area contributed by atoms with Crippen LogP contribution in [0.2, 0.25) is 0 Å². The Hall–Kier alpha value is -1.88. The zero-order chi connectivity index (χ0) is 15.3. The SMILES string of the molecule is CC1(C)OC[C@H](CCC=O)N1C(=O)OCc1ccccc1. The van der Waals surface area contributed by atoms with Crippen molar-refractivity contribution in [1.82, 2.24) is 4.90 Å². The normalized spacial score (nSPS) is 20.3. The maximum Gasteiger partial charge on any atom is 0.412 e. The molecule has 0 spiro atoms. The van der Waals surface area contributed by atoms with Crippen LogP contribution in [0.15, 0.2) is 30.3 Å². The summed E-state index contributed by atoms with van der Waals surface area (Å²) in [6, 6.07) is 9.41. The van der Waals surface area contributed by atoms with Crippen molar-refractivity contribution in [2.75, 3.05) is 6.61 Å². The molecule has 1 saturated heterocycles. The Kier molecular flexibility index (Phi) is 4.96. The zero-order valence-corrected chi connectivity index (χ0v) is 12.5. The number of hydrogen-bond acceptors (Lipinski definition) is 4. The molecule has 1 heterocycles. The molecule has 5 heteroatoms. The number of ether oxygens (including phenoxy) is 2. The van der Waals surface area contributed by atoms with E-state index in [0.29, 0.717) is 19.4 Å². The predicted molar refractivity (Wildman–Crippen MR) is 77.6 cm³/mol. The summed E-state index contributed by atoms with van der Waals surface area (Å²) >= 11 is 0. The fraction of sp³-hybridized carbons (Fsp3) is 0.500. The molecule has 5 nitrogen and oxygen atoms in total. The predicted octanol–water partition coefficient (Wildman–Crippen LogP) is 2.74. The molecule has 0 N–H and O–H groups in total. The number of carbonyl (C=O) groups is 2. The standard InChI is InChI=1S/C16H21NO4/c1-16(2)17(14(12-21-16)9-6-10-18)15(19)20-11-13-7-4-3-5-8-13/h3-5,7-8,10,14H,6,9,11-12H2,1-2H3/t14-/m0/s1. The molecule has 1 aliphatic rings. The lowest BCUT2D eigenvalue weighted by atomic mass is 10.1. The molecule has 1 fully saturated rings. The smallest absolute Gasteiger partial charge is 0.412 e. The van der Waals surface area contributed by atoms with Gasteiger partial charge in [0.1, 0.15) is 18.6 Å². The Morgan fingerprint density at radius 3 is 2.81 bits per heavy atom. The molecule has 0 bridgehead atoms. The first kappa shape index (κ1) is 15.5. The van der Waals surface area contributed by atoms with Gasteiger partial charge in [-0.1, -0.05) is 30.3 Å². The van der Waals surface area contributed by atoms with Gasteiger partial charge < -0.3 is 14.3 Å². The summed E-state index contributed by atoms with van der Waals surface area (Å²) in [6.45, 7) is 4.32. The minimum Gasteiger partial charge on any atom is -0.444 e. The van der Waals surface area contributed by atoms with E-state index in [1.54, 1.807) is 4.90 Å². The summed E-state index contributed by atoms with van der Waals surface area (Å²) < 4.78 is 11.0. The van der Waals surface area contributed by atoms with Gasteiger partial charge in [0, 0.05) is 6.42 Å². The van der Waals surface area contributed by atoms with Gasteiger partial charge in [-0.2, -0.15) is 0 Å². The second-order valence-electron chi connectivity index (χ2n) is 5.57. The molecule has 1 atom stereocenters. The maximum absolute atomic E-state index is 12.3. The molecule has 114 valence electrons. The Labute approximate surface area is 124 Å². The highest BCUT2D eigenvalue weighted by Crippen LogP contribution is 2.30. The third-order valence-electron chi connectivity index (χ3n) is 3.59. The van der Waals surface area contributed by atoms with Gasteiger partial charge in [-0.15, -0.1) is 0 Å². The van der Waals surface area contributed by atoms with Crippen molar-refractivity contribution < 1.29 is 19.1 Å². The Bertz CT molecular complexity index is 486. The third-order valence-corrected chi connectivity index (χ3v) is 3.59. The van der Waals surface area contributed by atoms with E-state index in [0.717, 1.165) is 11.8 Å². The van der Waals surface area contributed by atoms with Gasteiger partial charge in [0.2, 0.25) is 0 Å². The van der Waals surface area contributed by atoms with Gasteiger partial charge >= 0.3 is 6.09 Å². The van der Waals surface area contributed by atoms with Crippen molar-refractivity contribution in [3.63, 3.8) is 0 Å². The lowest BCUT2D eigenvalue weighted by Crippen LogP contribution is -2.48. The molecule has 0 aliphatic carbocycles. The first-order valence-corrected chi connectivity index (χ1v) is 7.12. The largest absolute Gasteiger partial charge is 0.444 e. The van der Waals surface area contributed by atoms with Crippen LogP contribution in [0.4, 0.5) is 4.79 Å². The summed E-state index contributed by atoms with van der Waals surface area (Å²) in [5.74, 6) is 0. The van der Waals surface area contributed by atoms with Crippen LogP contribution >= 0.6 is 0 Å². The summed E-state index contributed by atoms with van der Waals surface area (Å²) in [5, 5.41) is 0. The number of hydrogen-bond donors (Lipinski definition) is 0. The quantitative estimate of drug-likeness (QED) is 0.783. The minimum absolute atomic E-state index is 0.117. The van der Waals surface area contributed by atoms with Crippen LogP contribution < -0.4 is 0 Å². The fourth-order valence-electron chi connectivity index (χ4n) is 2.51. The van der Waals surface area contributed by atoms with Crippen molar-refractivity contribution in [3.05, 3.63) is 35.9 Å². The van der Waals surface area contributed by atoms with Gasteiger partial charge in [0.05, 0.1) is 12.6 Å². The van der Waals surface area contributed by atoms with Crippen LogP contribution in [0.3, 0.4) is 0 Å². The first-order chi connectivity index (χ1) is 10.0. The molecule has 0 saturated carbocycles. The van der Waals surface area contributed by atoms with Gasteiger partial charge in [0.25, 0.3) is 0 Å². The Morgan fingerprint density at radius 1 is 1.43 bits per heavy atom. The molecule has 1 aromatic rings. The van der Waals surface area contributed by atoms with Crippen LogP contribution in [0.25, 0.3) is 0 Å². The lowest BCUT2D eigenvalue weighted by Gasteiger charge is -2.32. The highest BCUT2D eigenvalue weighted by Gasteiger charge is 2.44. The van der Waals surface area contributed by atoms with Crippen molar-refractivity contribution in [1.29, 1.82) is 0 Å². The number of rotatable bonds is 5. The molecular weight excluding hydrogens is 270 g/mol. The molecule has 2 rings (SSSR count). The average Bonchev–Trinajstić information content (AvgIpc) is 2.78. The van der Waals surface area contributed by atoms with E-state index in [2.05, 4.69) is 0 Å². The van der Waals surface area contributed by atoms with Crippen LogP contribution in [0, 0.1) is 0 Å². The second kappa shape index (κ2) is 6.72. The van der Waals surface area contributed by atoms with Gasteiger partial charge in [-0.05, 0) is 25.8 Å². The van der Waals surface area contributed by atoms with Crippen LogP contribution in [0.1, 0.15) is 32.3 Å². The monoisotopic (exact) mass is 291 g/mol. The second-order valence-corrected chi connectivity index (χ2v) is 5.57. The van der Waals surface area contributed by atoms with E-state index >= 15 is 0 Å². The highest BCUT2D eigenvalue weighted by molar-refractivity contribution is 5.69. The van der Waals surface area contributed by atoms with Crippen molar-refractivity contribution in [2.24, 2.45) is 0 Å². The van der Waals surface area contributed by atoms with Gasteiger partial charge in [0.15, 0.2) is 0 Å². The number of aldehydes is 1. The number of amides is 1. The number of carbonyl (C=O) groups excluding carboxylic acids is 2. The first-order valence-electron chi connectivity index (χ1n) is 7.12. The van der Waals surface area contributed by atoms with Crippen molar-refractivity contribution in [3.8, 4) is 0 Å². The van der Waals surface area contributed by atoms with E-state index in [4.69, 9.17) is 9.47 Å². The topological polar surface area (TPSA) is 55.8 Å². The van der Waals surface area contributed by atoms with Gasteiger partial charge in [-0.3, -0.25) is 4.90 Å². The zero-order valence-electron chi connectivity index (χ0n) is 12.5. The molecule has 1 amide bonds. The summed E-state index contributed by atoms with van der Waals surface area (Å²) in [7, 11) is 0. The highest BCUT2D eigenvalue weighted by atomic mass is 16.6. The third kappa shape index (κ3) is 3.82. The van der Waals surface area contributed by atoms with Crippen LogP contribution in [-0.2, 0) is 20.9 Å². The summed E-state index contributed by atoms with van der Waals surface area (Å²) in [6.07, 6.45) is 1.45. The molecule has 21 heavy (non-hydrogen) atoms. The van der Waals surface area contributed by atoms with E-state index in [1.807, 2.05) is 44.2 Å². The average molecular weight is 291 g/mol. The molecule has 0 radical (unpaired) electrons. The van der Waals surface area contributed by atoms with Crippen molar-refractivity contribution in [2.45, 2.75) is 45.1 Å². The summed E-state index contributed by atoms with van der Waals surface area (Å²) in [5.41, 5.74) is 0.231. The minimum atomic E-state index is -0.707. The van der Waals surface area contributed by atoms with E-state index in [-0.39, 0.29) is 12.6 Å². The molecule has 0 unspecified atom stereocenters. The molecule has 1 aromatic carbocycles.